The smallest absolute Gasteiger partial charge is 0.486 e. The summed E-state index contributed by atoms with van der Waals surface area (Å²) < 4.78 is 37.0. The van der Waals surface area contributed by atoms with E-state index in [9.17, 15) is 13.2 Å². The van der Waals surface area contributed by atoms with Gasteiger partial charge in [-0.1, -0.05) is 30.1 Å². The summed E-state index contributed by atoms with van der Waals surface area (Å²) in [7, 11) is 0. The van der Waals surface area contributed by atoms with Crippen molar-refractivity contribution in [2.75, 3.05) is 6.61 Å². The number of hydrogen-bond donors (Lipinski definition) is 2. The lowest BCUT2D eigenvalue weighted by atomic mass is 10.3. The van der Waals surface area contributed by atoms with E-state index in [-0.39, 0.29) is 27.4 Å². The Morgan fingerprint density at radius 2 is 1.73 bits per heavy atom. The molecule has 0 aliphatic heterocycles. The molecule has 0 aromatic carbocycles. The first-order chi connectivity index (χ1) is 9.98. The highest BCUT2D eigenvalue weighted by molar-refractivity contribution is 6.37. The van der Waals surface area contributed by atoms with Crippen LogP contribution in [0.1, 0.15) is 13.3 Å². The molecule has 0 saturated heterocycles. The maximum absolute atomic E-state index is 10.6. The summed E-state index contributed by atoms with van der Waals surface area (Å²) in [6.07, 6.45) is -4.29. The highest BCUT2D eigenvalue weighted by Crippen LogP contribution is 2.30. The predicted molar refractivity (Wildman–Crippen MR) is 74.5 cm³/mol. The monoisotopic (exact) mass is 383 g/mol. The Kier molecular flexibility index (Phi) is 8.76. The molecule has 3 N–H and O–H groups in total. The van der Waals surface area contributed by atoms with Crippen molar-refractivity contribution >= 4 is 40.8 Å². The number of nitrogens with zero attached hydrogens (tertiary/aromatic N) is 2. The molecule has 12 heteroatoms. The molecule has 126 valence electrons. The van der Waals surface area contributed by atoms with Crippen LogP contribution in [0.25, 0.3) is 0 Å². The fraction of sp³-hybridized carbons (Fsp3) is 0.500. The molecule has 1 rings (SSSR count). The lowest BCUT2D eigenvalue weighted by molar-refractivity contribution is -0.192. The zero-order chi connectivity index (χ0) is 17.5. The number of nitrogens with two attached hydrogens (primary N) is 1. The lowest BCUT2D eigenvalue weighted by Gasteiger charge is -2.12. The van der Waals surface area contributed by atoms with Gasteiger partial charge in [0.1, 0.15) is 6.61 Å². The maximum Gasteiger partial charge on any atom is 0.490 e. The number of alkyl halides is 3. The van der Waals surface area contributed by atoms with Crippen molar-refractivity contribution in [3.8, 4) is 5.75 Å². The van der Waals surface area contributed by atoms with Crippen LogP contribution in [0.2, 0.25) is 15.6 Å². The molecule has 1 aromatic rings. The average molecular weight is 385 g/mol. The molecule has 0 spiro atoms. The normalized spacial score (nSPS) is 12.2. The fourth-order valence-electron chi connectivity index (χ4n) is 0.801. The number of rotatable bonds is 4. The van der Waals surface area contributed by atoms with Crippen LogP contribution in [0.4, 0.5) is 13.2 Å². The van der Waals surface area contributed by atoms with Crippen LogP contribution >= 0.6 is 34.8 Å². The van der Waals surface area contributed by atoms with Gasteiger partial charge >= 0.3 is 12.1 Å². The van der Waals surface area contributed by atoms with Gasteiger partial charge in [-0.05, 0) is 18.0 Å². The number of hydrogen-bond acceptors (Lipinski definition) is 5. The Balaban J connectivity index is 0.000000534. The molecular weight excluding hydrogens is 373 g/mol. The standard InChI is InChI=1S/C8H10Cl3N3O.C2HF3O2/c1-2-4(12)3-15-5-6(9)13-8(11)14-7(5)10;3-2(4,5)1(6)7/h4H,2-3,12H2,1H3;(H,6,7). The molecule has 22 heavy (non-hydrogen) atoms. The molecule has 0 amide bonds. The summed E-state index contributed by atoms with van der Waals surface area (Å²) in [5.74, 6) is -2.54. The first-order valence-corrected chi connectivity index (χ1v) is 6.69. The SMILES string of the molecule is CCC(N)COc1c(Cl)nc(Cl)nc1Cl.O=C(O)C(F)(F)F. The van der Waals surface area contributed by atoms with Crippen LogP contribution in [0.5, 0.6) is 5.75 Å². The molecule has 1 aromatic heterocycles. The van der Waals surface area contributed by atoms with Crippen molar-refractivity contribution in [2.45, 2.75) is 25.6 Å². The minimum atomic E-state index is -5.08. The van der Waals surface area contributed by atoms with Crippen molar-refractivity contribution in [3.63, 3.8) is 0 Å². The van der Waals surface area contributed by atoms with E-state index in [2.05, 4.69) is 9.97 Å². The van der Waals surface area contributed by atoms with Crippen molar-refractivity contribution in [1.29, 1.82) is 0 Å². The molecule has 0 fully saturated rings. The van der Waals surface area contributed by atoms with Gasteiger partial charge in [-0.3, -0.25) is 0 Å². The zero-order valence-corrected chi connectivity index (χ0v) is 13.3. The van der Waals surface area contributed by atoms with Crippen molar-refractivity contribution in [2.24, 2.45) is 5.73 Å². The first kappa shape index (κ1) is 21.0. The van der Waals surface area contributed by atoms with E-state index in [1.54, 1.807) is 0 Å². The third-order valence-corrected chi connectivity index (χ3v) is 2.65. The second kappa shape index (κ2) is 9.19. The summed E-state index contributed by atoms with van der Waals surface area (Å²) in [6, 6.07) is -0.0761. The van der Waals surface area contributed by atoms with Crippen molar-refractivity contribution in [3.05, 3.63) is 15.6 Å². The summed E-state index contributed by atoms with van der Waals surface area (Å²) >= 11 is 17.1. The molecule has 1 atom stereocenters. The number of aromatic nitrogens is 2. The average Bonchev–Trinajstić information content (AvgIpc) is 2.36. The second-order valence-corrected chi connectivity index (χ2v) is 4.74. The summed E-state index contributed by atoms with van der Waals surface area (Å²) in [5, 5.41) is 7.28. The minimum absolute atomic E-state index is 0.0165. The lowest BCUT2D eigenvalue weighted by Crippen LogP contribution is -2.26. The summed E-state index contributed by atoms with van der Waals surface area (Å²) in [4.78, 5) is 16.3. The Morgan fingerprint density at radius 1 is 1.32 bits per heavy atom. The third-order valence-electron chi connectivity index (χ3n) is 1.96. The van der Waals surface area contributed by atoms with Gasteiger partial charge in [0.15, 0.2) is 16.1 Å². The second-order valence-electron chi connectivity index (χ2n) is 3.69. The van der Waals surface area contributed by atoms with Gasteiger partial charge < -0.3 is 15.6 Å². The molecule has 0 bridgehead atoms. The highest BCUT2D eigenvalue weighted by atomic mass is 35.5. The summed E-state index contributed by atoms with van der Waals surface area (Å²) in [6.45, 7) is 2.26. The van der Waals surface area contributed by atoms with Gasteiger partial charge in [-0.25, -0.2) is 14.8 Å². The van der Waals surface area contributed by atoms with Gasteiger partial charge in [0.2, 0.25) is 5.28 Å². The van der Waals surface area contributed by atoms with Gasteiger partial charge in [0.25, 0.3) is 0 Å². The number of carboxylic acids is 1. The van der Waals surface area contributed by atoms with Gasteiger partial charge in [-0.15, -0.1) is 0 Å². The van der Waals surface area contributed by atoms with Gasteiger partial charge in [-0.2, -0.15) is 13.2 Å². The van der Waals surface area contributed by atoms with E-state index in [1.807, 2.05) is 6.92 Å². The number of carboxylic acid groups (broad SMARTS) is 1. The Morgan fingerprint density at radius 3 is 2.05 bits per heavy atom. The predicted octanol–water partition coefficient (Wildman–Crippen LogP) is 3.19. The molecule has 0 radical (unpaired) electrons. The Hall–Kier alpha value is -1.03. The van der Waals surface area contributed by atoms with E-state index < -0.39 is 12.1 Å². The van der Waals surface area contributed by atoms with E-state index in [0.717, 1.165) is 6.42 Å². The Bertz CT molecular complexity index is 494. The van der Waals surface area contributed by atoms with Crippen LogP contribution in [-0.4, -0.2) is 39.9 Å². The van der Waals surface area contributed by atoms with E-state index >= 15 is 0 Å². The van der Waals surface area contributed by atoms with Crippen LogP contribution < -0.4 is 10.5 Å². The Labute approximate surface area is 138 Å². The molecule has 0 aliphatic rings. The van der Waals surface area contributed by atoms with Crippen LogP contribution in [-0.2, 0) is 4.79 Å². The molecular formula is C10H11Cl3F3N3O3. The zero-order valence-electron chi connectivity index (χ0n) is 11.0. The molecule has 0 saturated carbocycles. The fourth-order valence-corrected chi connectivity index (χ4v) is 1.55. The quantitative estimate of drug-likeness (QED) is 0.611. The molecule has 1 unspecified atom stereocenters. The molecule has 6 nitrogen and oxygen atoms in total. The van der Waals surface area contributed by atoms with Gasteiger partial charge in [0.05, 0.1) is 0 Å². The first-order valence-electron chi connectivity index (χ1n) is 5.56. The molecule has 1 heterocycles. The van der Waals surface area contributed by atoms with Crippen LogP contribution in [0.15, 0.2) is 0 Å². The van der Waals surface area contributed by atoms with E-state index in [1.165, 1.54) is 0 Å². The number of halogens is 6. The third kappa shape index (κ3) is 7.83. The van der Waals surface area contributed by atoms with E-state index in [4.69, 9.17) is 55.2 Å². The highest BCUT2D eigenvalue weighted by Gasteiger charge is 2.38. The maximum atomic E-state index is 10.6. The molecule has 0 aliphatic carbocycles. The van der Waals surface area contributed by atoms with Gasteiger partial charge in [0, 0.05) is 6.04 Å². The number of ether oxygens (including phenoxy) is 1. The van der Waals surface area contributed by atoms with Crippen LogP contribution in [0, 0.1) is 0 Å². The van der Waals surface area contributed by atoms with Crippen molar-refractivity contribution < 1.29 is 27.8 Å². The topological polar surface area (TPSA) is 98.3 Å². The largest absolute Gasteiger partial charge is 0.490 e. The van der Waals surface area contributed by atoms with Crippen LogP contribution in [0.3, 0.4) is 0 Å². The summed E-state index contributed by atoms with van der Waals surface area (Å²) in [5.41, 5.74) is 5.67. The number of aliphatic carboxylic acids is 1. The van der Waals surface area contributed by atoms with E-state index in [0.29, 0.717) is 6.61 Å². The minimum Gasteiger partial charge on any atom is -0.486 e. The van der Waals surface area contributed by atoms with Crippen molar-refractivity contribution in [1.82, 2.24) is 9.97 Å². The number of carbonyl (C=O) groups is 1.